The Morgan fingerprint density at radius 1 is 0.767 bits per heavy atom. The maximum Gasteiger partial charge on any atom is 0.351 e. The molecule has 0 aromatic heterocycles. The molecule has 0 aliphatic rings. The van der Waals surface area contributed by atoms with E-state index in [1.807, 2.05) is 0 Å². The molecule has 0 aliphatic carbocycles. The zero-order chi connectivity index (χ0) is 30.9. The van der Waals surface area contributed by atoms with Crippen molar-refractivity contribution in [2.24, 2.45) is 0 Å². The van der Waals surface area contributed by atoms with E-state index in [1.165, 1.54) is 42.1 Å². The van der Waals surface area contributed by atoms with Crippen LogP contribution in [0.4, 0.5) is 11.4 Å². The number of rotatable bonds is 13. The summed E-state index contributed by atoms with van der Waals surface area (Å²) < 4.78 is 5.21. The fourth-order valence-electron chi connectivity index (χ4n) is 3.84. The van der Waals surface area contributed by atoms with E-state index >= 15 is 0 Å². The van der Waals surface area contributed by atoms with Crippen molar-refractivity contribution in [2.75, 3.05) is 0 Å². The van der Waals surface area contributed by atoms with Crippen LogP contribution in [-0.2, 0) is 23.0 Å². The molecule has 220 valence electrons. The van der Waals surface area contributed by atoms with Gasteiger partial charge in [-0.15, -0.1) is 0 Å². The lowest BCUT2D eigenvalue weighted by atomic mass is 10.1. The number of nitro groups is 2. The maximum atomic E-state index is 12.7. The Hall–Kier alpha value is -5.35. The molecule has 0 bridgehead atoms. The molecule has 0 unspecified atom stereocenters. The van der Waals surface area contributed by atoms with E-state index < -0.39 is 38.6 Å². The number of hydrogen-bond acceptors (Lipinski definition) is 12. The molecule has 15 heteroatoms. The molecule has 2 N–H and O–H groups in total. The van der Waals surface area contributed by atoms with Gasteiger partial charge in [-0.3, -0.25) is 25.5 Å². The quantitative estimate of drug-likeness (QED) is 0.0583. The Labute approximate surface area is 246 Å². The SMILES string of the molecule is O=C(O)c1cccc([N+](=O)[O-])c1C(=O)Oc1ccc(Sc2ccc(OOCc3c(COO)cccc3[N+](=O)[O-])cc2)cc1. The highest BCUT2D eigenvalue weighted by Crippen LogP contribution is 2.31. The van der Waals surface area contributed by atoms with Gasteiger partial charge in [0.2, 0.25) is 0 Å². The van der Waals surface area contributed by atoms with Crippen molar-refractivity contribution < 1.29 is 49.2 Å². The summed E-state index contributed by atoms with van der Waals surface area (Å²) in [6.07, 6.45) is 0. The van der Waals surface area contributed by atoms with Gasteiger partial charge in [0.05, 0.1) is 21.0 Å². The maximum absolute atomic E-state index is 12.7. The Balaban J connectivity index is 1.36. The predicted octanol–water partition coefficient (Wildman–Crippen LogP) is 6.07. The van der Waals surface area contributed by atoms with Crippen LogP contribution < -0.4 is 9.62 Å². The number of aromatic carboxylic acids is 1. The smallest absolute Gasteiger partial charge is 0.351 e. The molecule has 0 atom stereocenters. The predicted molar refractivity (Wildman–Crippen MR) is 148 cm³/mol. The summed E-state index contributed by atoms with van der Waals surface area (Å²) in [5.41, 5.74) is -1.56. The van der Waals surface area contributed by atoms with Crippen LogP contribution in [0.25, 0.3) is 0 Å². The van der Waals surface area contributed by atoms with Crippen LogP contribution in [0.2, 0.25) is 0 Å². The zero-order valence-electron chi connectivity index (χ0n) is 21.8. The van der Waals surface area contributed by atoms with Crippen molar-refractivity contribution >= 4 is 35.1 Å². The van der Waals surface area contributed by atoms with Crippen molar-refractivity contribution in [1.82, 2.24) is 0 Å². The van der Waals surface area contributed by atoms with Gasteiger partial charge in [0.15, 0.2) is 11.3 Å². The van der Waals surface area contributed by atoms with E-state index in [1.54, 1.807) is 42.5 Å². The van der Waals surface area contributed by atoms with Crippen molar-refractivity contribution in [1.29, 1.82) is 0 Å². The van der Waals surface area contributed by atoms with Crippen LogP contribution in [0.1, 0.15) is 31.8 Å². The number of esters is 1. The highest BCUT2D eigenvalue weighted by molar-refractivity contribution is 7.99. The fourth-order valence-corrected chi connectivity index (χ4v) is 4.65. The minimum Gasteiger partial charge on any atom is -0.478 e. The van der Waals surface area contributed by atoms with Crippen LogP contribution in [0.15, 0.2) is 94.7 Å². The summed E-state index contributed by atoms with van der Waals surface area (Å²) >= 11 is 1.35. The number of carboxylic acids is 1. The van der Waals surface area contributed by atoms with Crippen LogP contribution >= 0.6 is 11.8 Å². The van der Waals surface area contributed by atoms with Crippen molar-refractivity contribution in [3.63, 3.8) is 0 Å². The molecule has 0 heterocycles. The Morgan fingerprint density at radius 2 is 1.35 bits per heavy atom. The van der Waals surface area contributed by atoms with Gasteiger partial charge in [-0.2, -0.15) is 4.89 Å². The molecule has 0 fully saturated rings. The Morgan fingerprint density at radius 3 is 1.93 bits per heavy atom. The van der Waals surface area contributed by atoms with Crippen molar-refractivity contribution in [2.45, 2.75) is 23.0 Å². The first-order chi connectivity index (χ1) is 20.7. The van der Waals surface area contributed by atoms with Gasteiger partial charge in [-0.05, 0) is 60.2 Å². The molecule has 4 rings (SSSR count). The topological polar surface area (TPSA) is 198 Å². The number of carbonyl (C=O) groups excluding carboxylic acids is 1. The van der Waals surface area contributed by atoms with Gasteiger partial charge in [-0.1, -0.05) is 30.0 Å². The number of ether oxygens (including phenoxy) is 1. The van der Waals surface area contributed by atoms with E-state index in [0.717, 1.165) is 21.9 Å². The number of hydrogen-bond donors (Lipinski definition) is 2. The zero-order valence-corrected chi connectivity index (χ0v) is 22.6. The average Bonchev–Trinajstić information content (AvgIpc) is 2.99. The minimum absolute atomic E-state index is 0.0529. The molecule has 43 heavy (non-hydrogen) atoms. The van der Waals surface area contributed by atoms with Crippen molar-refractivity contribution in [3.05, 3.63) is 127 Å². The van der Waals surface area contributed by atoms with Gasteiger partial charge in [0.25, 0.3) is 11.4 Å². The molecule has 0 radical (unpaired) electrons. The molecule has 0 amide bonds. The molecular formula is C28H20N2O12S. The summed E-state index contributed by atoms with van der Waals surface area (Å²) in [5, 5.41) is 40.8. The molecular weight excluding hydrogens is 588 g/mol. The molecule has 4 aromatic carbocycles. The van der Waals surface area contributed by atoms with Crippen LogP contribution in [0.5, 0.6) is 11.5 Å². The van der Waals surface area contributed by atoms with E-state index in [0.29, 0.717) is 11.3 Å². The van der Waals surface area contributed by atoms with Gasteiger partial charge < -0.3 is 14.7 Å². The second-order valence-electron chi connectivity index (χ2n) is 8.49. The van der Waals surface area contributed by atoms with E-state index in [-0.39, 0.29) is 30.2 Å². The fraction of sp³-hybridized carbons (Fsp3) is 0.0714. The van der Waals surface area contributed by atoms with Crippen LogP contribution in [-0.4, -0.2) is 32.1 Å². The lowest BCUT2D eigenvalue weighted by molar-refractivity contribution is -0.386. The molecule has 4 aromatic rings. The first kappa shape index (κ1) is 30.6. The Bertz CT molecular complexity index is 1630. The number of nitrogens with zero attached hydrogens (tertiary/aromatic N) is 2. The lowest BCUT2D eigenvalue weighted by Gasteiger charge is -2.10. The van der Waals surface area contributed by atoms with Gasteiger partial charge in [0, 0.05) is 21.9 Å². The molecule has 14 nitrogen and oxygen atoms in total. The standard InChI is InChI=1S/C28H20N2O12S/c31-27(32)22-4-2-6-25(30(36)37)26(22)28(33)41-18-7-11-20(12-8-18)43-21-13-9-19(10-14-21)42-40-16-23-17(15-39-38)3-1-5-24(23)29(34)35/h1-14,38H,15-16H2,(H,31,32). The van der Waals surface area contributed by atoms with Gasteiger partial charge >= 0.3 is 11.9 Å². The number of nitro benzene ring substituents is 2. The second-order valence-corrected chi connectivity index (χ2v) is 9.63. The van der Waals surface area contributed by atoms with E-state index in [9.17, 15) is 34.9 Å². The molecule has 0 saturated heterocycles. The normalized spacial score (nSPS) is 10.6. The first-order valence-electron chi connectivity index (χ1n) is 12.1. The van der Waals surface area contributed by atoms with Crippen molar-refractivity contribution in [3.8, 4) is 11.5 Å². The number of carbonyl (C=O) groups is 2. The van der Waals surface area contributed by atoms with Gasteiger partial charge in [0.1, 0.15) is 19.0 Å². The summed E-state index contributed by atoms with van der Waals surface area (Å²) in [6, 6.07) is 20.5. The van der Waals surface area contributed by atoms with Gasteiger partial charge in [-0.25, -0.2) is 14.5 Å². The third-order valence-electron chi connectivity index (χ3n) is 5.79. The lowest BCUT2D eigenvalue weighted by Crippen LogP contribution is -2.16. The third-order valence-corrected chi connectivity index (χ3v) is 6.81. The molecule has 0 spiro atoms. The highest BCUT2D eigenvalue weighted by atomic mass is 32.2. The van der Waals surface area contributed by atoms with Crippen LogP contribution in [0.3, 0.4) is 0 Å². The third kappa shape index (κ3) is 7.69. The summed E-state index contributed by atoms with van der Waals surface area (Å²) in [6.45, 7) is -0.546. The number of carboxylic acid groups (broad SMARTS) is 1. The van der Waals surface area contributed by atoms with E-state index in [4.69, 9.17) is 19.8 Å². The number of benzene rings is 4. The largest absolute Gasteiger partial charge is 0.478 e. The molecule has 0 aliphatic heterocycles. The van der Waals surface area contributed by atoms with E-state index in [2.05, 4.69) is 4.89 Å². The van der Waals surface area contributed by atoms with Crippen LogP contribution in [0, 0.1) is 20.2 Å². The highest BCUT2D eigenvalue weighted by Gasteiger charge is 2.28. The summed E-state index contributed by atoms with van der Waals surface area (Å²) in [5.74, 6) is -2.31. The monoisotopic (exact) mass is 608 g/mol. The second kappa shape index (κ2) is 14.0. The molecule has 0 saturated carbocycles. The minimum atomic E-state index is -1.51. The summed E-state index contributed by atoms with van der Waals surface area (Å²) in [4.78, 5) is 61.5. The summed E-state index contributed by atoms with van der Waals surface area (Å²) in [7, 11) is 0. The Kier molecular flexibility index (Phi) is 9.98. The average molecular weight is 609 g/mol. The first-order valence-corrected chi connectivity index (χ1v) is 12.9.